The second-order valence-corrected chi connectivity index (χ2v) is 8.49. The molecule has 0 radical (unpaired) electrons. The molecule has 1 atom stereocenters. The summed E-state index contributed by atoms with van der Waals surface area (Å²) in [5.41, 5.74) is 1.42. The predicted octanol–water partition coefficient (Wildman–Crippen LogP) is 2.72. The third-order valence-electron chi connectivity index (χ3n) is 5.75. The van der Waals surface area contributed by atoms with Gasteiger partial charge in [-0.05, 0) is 42.9 Å². The molecule has 28 heavy (non-hydrogen) atoms. The van der Waals surface area contributed by atoms with Gasteiger partial charge in [-0.3, -0.25) is 0 Å². The van der Waals surface area contributed by atoms with E-state index in [1.807, 2.05) is 12.1 Å². The molecule has 5 rings (SSSR count). The van der Waals surface area contributed by atoms with E-state index in [2.05, 4.69) is 40.4 Å². The van der Waals surface area contributed by atoms with Crippen molar-refractivity contribution in [2.75, 3.05) is 13.1 Å². The quantitative estimate of drug-likeness (QED) is 0.545. The molecule has 4 heterocycles. The summed E-state index contributed by atoms with van der Waals surface area (Å²) in [6, 6.07) is 14.6. The lowest BCUT2D eigenvalue weighted by molar-refractivity contribution is -0.932. The molecule has 0 unspecified atom stereocenters. The molecule has 6 nitrogen and oxygen atoms in total. The van der Waals surface area contributed by atoms with Gasteiger partial charge in [0.1, 0.15) is 11.2 Å². The number of nitrogens with one attached hydrogen (secondary N) is 1. The number of likely N-dealkylation sites (tertiary alicyclic amines) is 1. The number of thiazole rings is 1. The Kier molecular flexibility index (Phi) is 4.62. The molecule has 0 saturated carbocycles. The van der Waals surface area contributed by atoms with Crippen molar-refractivity contribution in [3.8, 4) is 5.88 Å². The number of hydrogen-bond donors (Lipinski definition) is 2. The van der Waals surface area contributed by atoms with Crippen LogP contribution in [0.2, 0.25) is 0 Å². The van der Waals surface area contributed by atoms with Crippen LogP contribution in [-0.4, -0.2) is 32.8 Å². The van der Waals surface area contributed by atoms with Gasteiger partial charge in [0.15, 0.2) is 11.8 Å². The number of nitrogens with zero attached hydrogens (tertiary/aromatic N) is 3. The minimum absolute atomic E-state index is 0.0267. The summed E-state index contributed by atoms with van der Waals surface area (Å²) in [5.74, 6) is 1.77. The summed E-state index contributed by atoms with van der Waals surface area (Å²) in [7, 11) is 0. The summed E-state index contributed by atoms with van der Waals surface area (Å²) in [4.78, 5) is 7.26. The summed E-state index contributed by atoms with van der Waals surface area (Å²) < 4.78 is 7.29. The highest BCUT2D eigenvalue weighted by Gasteiger charge is 2.36. The fraction of sp³-hybridized carbons (Fsp3) is 0.333. The molecule has 7 heteroatoms. The van der Waals surface area contributed by atoms with E-state index in [-0.39, 0.29) is 11.9 Å². The van der Waals surface area contributed by atoms with Crippen LogP contribution < -0.4 is 4.90 Å². The lowest BCUT2D eigenvalue weighted by atomic mass is 9.89. The molecule has 0 amide bonds. The molecule has 4 aromatic rings. The second kappa shape index (κ2) is 7.41. The van der Waals surface area contributed by atoms with Crippen molar-refractivity contribution in [3.05, 3.63) is 71.3 Å². The van der Waals surface area contributed by atoms with E-state index in [1.165, 1.54) is 45.5 Å². The van der Waals surface area contributed by atoms with Crippen molar-refractivity contribution in [2.24, 2.45) is 5.92 Å². The molecule has 2 N–H and O–H groups in total. The van der Waals surface area contributed by atoms with Gasteiger partial charge in [0.2, 0.25) is 10.8 Å². The molecular weight excluding hydrogens is 372 g/mol. The van der Waals surface area contributed by atoms with E-state index in [4.69, 9.17) is 4.42 Å². The largest absolute Gasteiger partial charge is 0.492 e. The van der Waals surface area contributed by atoms with Gasteiger partial charge in [-0.2, -0.15) is 9.61 Å². The van der Waals surface area contributed by atoms with Crippen molar-refractivity contribution >= 4 is 16.3 Å². The highest BCUT2D eigenvalue weighted by Crippen LogP contribution is 2.35. The van der Waals surface area contributed by atoms with E-state index in [9.17, 15) is 5.11 Å². The van der Waals surface area contributed by atoms with Crippen molar-refractivity contribution < 1.29 is 14.4 Å². The van der Waals surface area contributed by atoms with Crippen molar-refractivity contribution in [3.63, 3.8) is 0 Å². The average Bonchev–Trinajstić information content (AvgIpc) is 3.46. The highest BCUT2D eigenvalue weighted by atomic mass is 32.1. The van der Waals surface area contributed by atoms with Crippen molar-refractivity contribution in [2.45, 2.75) is 25.3 Å². The van der Waals surface area contributed by atoms with Gasteiger partial charge in [-0.15, -0.1) is 0 Å². The van der Waals surface area contributed by atoms with E-state index < -0.39 is 0 Å². The van der Waals surface area contributed by atoms with Gasteiger partial charge < -0.3 is 14.4 Å². The van der Waals surface area contributed by atoms with Crippen molar-refractivity contribution in [1.29, 1.82) is 0 Å². The maximum absolute atomic E-state index is 10.7. The third-order valence-corrected chi connectivity index (χ3v) is 6.85. The van der Waals surface area contributed by atoms with Crippen LogP contribution in [0.25, 0.3) is 4.96 Å². The molecule has 0 spiro atoms. The minimum Gasteiger partial charge on any atom is -0.492 e. The first kappa shape index (κ1) is 17.5. The summed E-state index contributed by atoms with van der Waals surface area (Å²) in [6.45, 7) is 2.10. The van der Waals surface area contributed by atoms with Crippen LogP contribution in [0.3, 0.4) is 0 Å². The molecular formula is C21H23N4O2S+. The van der Waals surface area contributed by atoms with Gasteiger partial charge in [0, 0.05) is 0 Å². The number of hydrogen-bond acceptors (Lipinski definition) is 5. The Balaban J connectivity index is 1.37. The van der Waals surface area contributed by atoms with E-state index >= 15 is 0 Å². The third kappa shape index (κ3) is 3.21. The van der Waals surface area contributed by atoms with Crippen LogP contribution in [0.5, 0.6) is 5.88 Å². The van der Waals surface area contributed by atoms with Crippen LogP contribution in [0.1, 0.15) is 35.1 Å². The standard InChI is InChI=1S/C21H22N4O2S/c26-20-19(28-21-22-14-23-25(20)21)18(17-7-4-12-27-17)24-10-8-16(9-11-24)13-15-5-2-1-3-6-15/h1-7,12,14,16,18,26H,8-11,13H2/p+1/t18-/m1/s1. The normalized spacial score (nSPS) is 21.1. The Morgan fingerprint density at radius 1 is 1.18 bits per heavy atom. The molecule has 1 saturated heterocycles. The molecule has 1 fully saturated rings. The zero-order valence-corrected chi connectivity index (χ0v) is 16.3. The average molecular weight is 396 g/mol. The minimum atomic E-state index is -0.0267. The monoisotopic (exact) mass is 395 g/mol. The zero-order valence-electron chi connectivity index (χ0n) is 15.5. The maximum Gasteiger partial charge on any atom is 0.235 e. The summed E-state index contributed by atoms with van der Waals surface area (Å²) in [5, 5.41) is 14.9. The molecule has 0 bridgehead atoms. The topological polar surface area (TPSA) is 68.0 Å². The molecule has 1 aliphatic heterocycles. The number of rotatable bonds is 5. The fourth-order valence-electron chi connectivity index (χ4n) is 4.34. The lowest BCUT2D eigenvalue weighted by Crippen LogP contribution is -3.13. The second-order valence-electron chi connectivity index (χ2n) is 7.48. The number of quaternary nitrogens is 1. The first-order valence-electron chi connectivity index (χ1n) is 9.73. The number of furan rings is 1. The summed E-state index contributed by atoms with van der Waals surface area (Å²) >= 11 is 1.49. The first-order chi connectivity index (χ1) is 13.8. The predicted molar refractivity (Wildman–Crippen MR) is 107 cm³/mol. The Labute approximate surface area is 167 Å². The van der Waals surface area contributed by atoms with Crippen LogP contribution in [0.4, 0.5) is 0 Å². The van der Waals surface area contributed by atoms with Crippen LogP contribution >= 0.6 is 11.3 Å². The lowest BCUT2D eigenvalue weighted by Gasteiger charge is -2.33. The van der Waals surface area contributed by atoms with Crippen molar-refractivity contribution in [1.82, 2.24) is 14.6 Å². The fourth-order valence-corrected chi connectivity index (χ4v) is 5.44. The Hall–Kier alpha value is -2.64. The number of benzene rings is 1. The Morgan fingerprint density at radius 3 is 2.71 bits per heavy atom. The number of piperidine rings is 1. The Morgan fingerprint density at radius 2 is 2.00 bits per heavy atom. The number of aromatic hydroxyl groups is 1. The van der Waals surface area contributed by atoms with Crippen LogP contribution in [0.15, 0.2) is 59.5 Å². The number of aromatic nitrogens is 3. The van der Waals surface area contributed by atoms with E-state index in [1.54, 1.807) is 6.26 Å². The molecule has 1 aliphatic rings. The molecule has 0 aliphatic carbocycles. The van der Waals surface area contributed by atoms with Crippen LogP contribution in [-0.2, 0) is 6.42 Å². The van der Waals surface area contributed by atoms with Gasteiger partial charge in [0.05, 0.1) is 19.4 Å². The summed E-state index contributed by atoms with van der Waals surface area (Å²) in [6.07, 6.45) is 6.66. The van der Waals surface area contributed by atoms with E-state index in [0.717, 1.165) is 30.1 Å². The van der Waals surface area contributed by atoms with E-state index in [0.29, 0.717) is 10.9 Å². The first-order valence-corrected chi connectivity index (χ1v) is 10.5. The zero-order chi connectivity index (χ0) is 18.9. The maximum atomic E-state index is 10.7. The SMILES string of the molecule is Oc1c([C@@H](c2ccco2)[NH+]2CCC(Cc3ccccc3)CC2)sc2ncnn12. The highest BCUT2D eigenvalue weighted by molar-refractivity contribution is 7.17. The van der Waals surface area contributed by atoms with Gasteiger partial charge in [-0.25, -0.2) is 4.98 Å². The molecule has 3 aromatic heterocycles. The van der Waals surface area contributed by atoms with Gasteiger partial charge >= 0.3 is 0 Å². The number of fused-ring (bicyclic) bond motifs is 1. The van der Waals surface area contributed by atoms with Gasteiger partial charge in [-0.1, -0.05) is 41.7 Å². The van der Waals surface area contributed by atoms with Crippen LogP contribution in [0, 0.1) is 5.92 Å². The van der Waals surface area contributed by atoms with Gasteiger partial charge in [0.25, 0.3) is 0 Å². The molecule has 1 aromatic carbocycles. The smallest absolute Gasteiger partial charge is 0.235 e. The molecule has 144 valence electrons. The Bertz CT molecular complexity index is 1030.